The van der Waals surface area contributed by atoms with Crippen LogP contribution in [0.4, 0.5) is 4.39 Å². The number of phenolic OH excluding ortho intramolecular Hbond substituents is 1. The fraction of sp³-hybridized carbons (Fsp3) is 0.222. The molecule has 1 rings (SSSR count). The van der Waals surface area contributed by atoms with Crippen molar-refractivity contribution >= 4 is 5.97 Å². The Balaban J connectivity index is 3.28. The zero-order chi connectivity index (χ0) is 11.6. The minimum Gasteiger partial charge on any atom is -0.504 e. The van der Waals surface area contributed by atoms with Gasteiger partial charge in [0.15, 0.2) is 11.5 Å². The molecule has 0 aliphatic heterocycles. The number of benzene rings is 1. The van der Waals surface area contributed by atoms with Crippen LogP contribution in [0.5, 0.6) is 11.5 Å². The minimum atomic E-state index is -1.49. The average Bonchev–Trinajstić information content (AvgIpc) is 2.19. The molecule has 0 radical (unpaired) electrons. The number of carboxylic acid groups (broad SMARTS) is 1. The second-order valence-electron chi connectivity index (χ2n) is 2.86. The van der Waals surface area contributed by atoms with Crippen LogP contribution in [0.15, 0.2) is 12.1 Å². The Kier molecular flexibility index (Phi) is 3.11. The largest absolute Gasteiger partial charge is 0.504 e. The predicted octanol–water partition coefficient (Wildman–Crippen LogP) is 0.624. The van der Waals surface area contributed by atoms with E-state index in [1.165, 1.54) is 7.11 Å². The lowest BCUT2D eigenvalue weighted by molar-refractivity contribution is -0.138. The van der Waals surface area contributed by atoms with Gasteiger partial charge >= 0.3 is 5.97 Å². The van der Waals surface area contributed by atoms with Crippen LogP contribution in [0.2, 0.25) is 0 Å². The van der Waals surface area contributed by atoms with Gasteiger partial charge in [-0.3, -0.25) is 4.79 Å². The van der Waals surface area contributed by atoms with E-state index in [0.717, 1.165) is 12.1 Å². The number of aliphatic carboxylic acids is 1. The summed E-state index contributed by atoms with van der Waals surface area (Å²) >= 11 is 0. The standard InChI is InChI=1S/C9H10FNO4/c1-15-6-3-4(10)2-5(8(6)12)7(11)9(13)14/h2-3,7,12H,11H2,1H3,(H,13,14)/t7-/m0/s1. The molecule has 0 saturated carbocycles. The van der Waals surface area contributed by atoms with Crippen LogP contribution in [0.1, 0.15) is 11.6 Å². The van der Waals surface area contributed by atoms with Crippen molar-refractivity contribution < 1.29 is 24.1 Å². The number of carboxylic acids is 1. The Morgan fingerprint density at radius 3 is 2.67 bits per heavy atom. The summed E-state index contributed by atoms with van der Waals surface area (Å²) in [6, 6.07) is 0.305. The molecule has 15 heavy (non-hydrogen) atoms. The second kappa shape index (κ2) is 4.14. The maximum atomic E-state index is 13.0. The highest BCUT2D eigenvalue weighted by molar-refractivity contribution is 5.77. The van der Waals surface area contributed by atoms with Crippen molar-refractivity contribution in [2.45, 2.75) is 6.04 Å². The maximum Gasteiger partial charge on any atom is 0.325 e. The first kappa shape index (κ1) is 11.3. The van der Waals surface area contributed by atoms with Crippen LogP contribution in [0.3, 0.4) is 0 Å². The van der Waals surface area contributed by atoms with Crippen LogP contribution >= 0.6 is 0 Å². The lowest BCUT2D eigenvalue weighted by Crippen LogP contribution is -2.21. The molecule has 0 amide bonds. The fourth-order valence-electron chi connectivity index (χ4n) is 1.12. The molecule has 0 spiro atoms. The highest BCUT2D eigenvalue weighted by Crippen LogP contribution is 2.33. The summed E-state index contributed by atoms with van der Waals surface area (Å²) in [5.74, 6) is -2.70. The van der Waals surface area contributed by atoms with Crippen molar-refractivity contribution in [1.82, 2.24) is 0 Å². The third-order valence-corrected chi connectivity index (χ3v) is 1.89. The number of phenols is 1. The lowest BCUT2D eigenvalue weighted by Gasteiger charge is -2.12. The number of methoxy groups -OCH3 is 1. The Morgan fingerprint density at radius 2 is 2.20 bits per heavy atom. The monoisotopic (exact) mass is 215 g/mol. The summed E-state index contributed by atoms with van der Waals surface area (Å²) in [5.41, 5.74) is 5.03. The molecule has 0 bridgehead atoms. The summed E-state index contributed by atoms with van der Waals surface area (Å²) in [4.78, 5) is 10.6. The van der Waals surface area contributed by atoms with Crippen molar-refractivity contribution in [3.05, 3.63) is 23.5 Å². The van der Waals surface area contributed by atoms with Crippen molar-refractivity contribution in [3.8, 4) is 11.5 Å². The fourth-order valence-corrected chi connectivity index (χ4v) is 1.12. The van der Waals surface area contributed by atoms with E-state index in [1.807, 2.05) is 0 Å². The van der Waals surface area contributed by atoms with E-state index < -0.39 is 23.6 Å². The Bertz CT molecular complexity index is 394. The van der Waals surface area contributed by atoms with E-state index in [4.69, 9.17) is 10.8 Å². The topological polar surface area (TPSA) is 92.8 Å². The smallest absolute Gasteiger partial charge is 0.325 e. The van der Waals surface area contributed by atoms with E-state index in [1.54, 1.807) is 0 Å². The Morgan fingerprint density at radius 1 is 1.60 bits per heavy atom. The molecule has 0 aliphatic rings. The molecule has 4 N–H and O–H groups in total. The summed E-state index contributed by atoms with van der Waals surface area (Å²) < 4.78 is 17.6. The predicted molar refractivity (Wildman–Crippen MR) is 49.2 cm³/mol. The highest BCUT2D eigenvalue weighted by Gasteiger charge is 2.21. The molecule has 1 aromatic rings. The van der Waals surface area contributed by atoms with E-state index >= 15 is 0 Å². The number of carbonyl (C=O) groups is 1. The van der Waals surface area contributed by atoms with Gasteiger partial charge in [0.25, 0.3) is 0 Å². The zero-order valence-corrected chi connectivity index (χ0v) is 7.90. The number of rotatable bonds is 3. The molecule has 1 aromatic carbocycles. The van der Waals surface area contributed by atoms with Gasteiger partial charge in [-0.2, -0.15) is 0 Å². The Hall–Kier alpha value is -1.82. The molecule has 5 nitrogen and oxygen atoms in total. The number of aromatic hydroxyl groups is 1. The van der Waals surface area contributed by atoms with E-state index in [2.05, 4.69) is 4.74 Å². The molecule has 0 heterocycles. The maximum absolute atomic E-state index is 13.0. The number of nitrogens with two attached hydrogens (primary N) is 1. The van der Waals surface area contributed by atoms with Crippen molar-refractivity contribution in [1.29, 1.82) is 0 Å². The molecular weight excluding hydrogens is 205 g/mol. The normalized spacial score (nSPS) is 12.2. The number of hydrogen-bond acceptors (Lipinski definition) is 4. The molecular formula is C9H10FNO4. The second-order valence-corrected chi connectivity index (χ2v) is 2.86. The minimum absolute atomic E-state index is 0.151. The molecule has 1 atom stereocenters. The van der Waals surface area contributed by atoms with Gasteiger partial charge in [-0.15, -0.1) is 0 Å². The van der Waals surface area contributed by atoms with E-state index in [9.17, 15) is 14.3 Å². The van der Waals surface area contributed by atoms with Crippen molar-refractivity contribution in [3.63, 3.8) is 0 Å². The van der Waals surface area contributed by atoms with Crippen molar-refractivity contribution in [2.75, 3.05) is 7.11 Å². The highest BCUT2D eigenvalue weighted by atomic mass is 19.1. The average molecular weight is 215 g/mol. The number of hydrogen-bond donors (Lipinski definition) is 3. The SMILES string of the molecule is COc1cc(F)cc([C@H](N)C(=O)O)c1O. The first-order chi connectivity index (χ1) is 6.97. The van der Waals surface area contributed by atoms with Gasteiger partial charge in [0.1, 0.15) is 11.9 Å². The van der Waals surface area contributed by atoms with Gasteiger partial charge in [0.2, 0.25) is 0 Å². The van der Waals surface area contributed by atoms with Crippen LogP contribution < -0.4 is 10.5 Å². The molecule has 6 heteroatoms. The van der Waals surface area contributed by atoms with Gasteiger partial charge in [0, 0.05) is 11.6 Å². The van der Waals surface area contributed by atoms with Gasteiger partial charge < -0.3 is 20.7 Å². The number of ether oxygens (including phenoxy) is 1. The van der Waals surface area contributed by atoms with E-state index in [0.29, 0.717) is 0 Å². The molecule has 0 fully saturated rings. The van der Waals surface area contributed by atoms with Crippen LogP contribution in [0, 0.1) is 5.82 Å². The lowest BCUT2D eigenvalue weighted by atomic mass is 10.1. The van der Waals surface area contributed by atoms with E-state index in [-0.39, 0.29) is 11.3 Å². The van der Waals surface area contributed by atoms with Gasteiger partial charge in [-0.25, -0.2) is 4.39 Å². The molecule has 82 valence electrons. The van der Waals surface area contributed by atoms with Crippen LogP contribution in [-0.2, 0) is 4.79 Å². The first-order valence-corrected chi connectivity index (χ1v) is 4.02. The van der Waals surface area contributed by atoms with Crippen molar-refractivity contribution in [2.24, 2.45) is 5.73 Å². The third-order valence-electron chi connectivity index (χ3n) is 1.89. The Labute approximate surface area is 84.9 Å². The third kappa shape index (κ3) is 2.16. The molecule has 0 aliphatic carbocycles. The van der Waals surface area contributed by atoms with Gasteiger partial charge in [-0.1, -0.05) is 0 Å². The molecule has 0 saturated heterocycles. The van der Waals surface area contributed by atoms with Gasteiger partial charge in [-0.05, 0) is 6.07 Å². The van der Waals surface area contributed by atoms with Crippen LogP contribution in [-0.4, -0.2) is 23.3 Å². The van der Waals surface area contributed by atoms with Crippen LogP contribution in [0.25, 0.3) is 0 Å². The molecule has 0 unspecified atom stereocenters. The summed E-state index contributed by atoms with van der Waals surface area (Å²) in [6.07, 6.45) is 0. The zero-order valence-electron chi connectivity index (χ0n) is 7.90. The number of halogens is 1. The quantitative estimate of drug-likeness (QED) is 0.687. The van der Waals surface area contributed by atoms with Gasteiger partial charge in [0.05, 0.1) is 7.11 Å². The summed E-state index contributed by atoms with van der Waals surface area (Å²) in [5, 5.41) is 18.1. The summed E-state index contributed by atoms with van der Waals surface area (Å²) in [7, 11) is 1.23. The molecule has 0 aromatic heterocycles. The first-order valence-electron chi connectivity index (χ1n) is 4.02. The summed E-state index contributed by atoms with van der Waals surface area (Å²) in [6.45, 7) is 0.